The molecule has 0 saturated heterocycles. The van der Waals surface area contributed by atoms with Crippen molar-refractivity contribution in [2.45, 2.75) is 52.7 Å². The maximum atomic E-state index is 5.57. The molecule has 0 saturated carbocycles. The highest BCUT2D eigenvalue weighted by Gasteiger charge is 2.21. The van der Waals surface area contributed by atoms with Gasteiger partial charge in [-0.2, -0.15) is 0 Å². The summed E-state index contributed by atoms with van der Waals surface area (Å²) in [5.74, 6) is 0.581. The van der Waals surface area contributed by atoms with E-state index in [2.05, 4.69) is 38.5 Å². The van der Waals surface area contributed by atoms with Crippen LogP contribution in [0.5, 0.6) is 0 Å². The van der Waals surface area contributed by atoms with E-state index in [1.165, 1.54) is 16.8 Å². The number of hydrogen-bond acceptors (Lipinski definition) is 1. The SMILES string of the molecule is CC(C)c1c2c(cn1C(C)C)CCOC2. The molecule has 0 amide bonds. The van der Waals surface area contributed by atoms with Gasteiger partial charge in [-0.1, -0.05) is 13.8 Å². The molecule has 0 spiro atoms. The van der Waals surface area contributed by atoms with Gasteiger partial charge in [0.05, 0.1) is 13.2 Å². The molecule has 1 aliphatic heterocycles. The van der Waals surface area contributed by atoms with Crippen LogP contribution < -0.4 is 0 Å². The van der Waals surface area contributed by atoms with Crippen LogP contribution in [0.15, 0.2) is 6.20 Å². The number of ether oxygens (including phenoxy) is 1. The lowest BCUT2D eigenvalue weighted by atomic mass is 10.0. The van der Waals surface area contributed by atoms with E-state index in [4.69, 9.17) is 4.74 Å². The van der Waals surface area contributed by atoms with Gasteiger partial charge in [-0.3, -0.25) is 0 Å². The normalized spacial score (nSPS) is 16.1. The third-order valence-electron chi connectivity index (χ3n) is 3.14. The second kappa shape index (κ2) is 4.01. The quantitative estimate of drug-likeness (QED) is 0.726. The zero-order valence-corrected chi connectivity index (χ0v) is 10.2. The third kappa shape index (κ3) is 1.83. The molecule has 2 heterocycles. The van der Waals surface area contributed by atoms with Crippen LogP contribution in [0.1, 0.15) is 56.5 Å². The Morgan fingerprint density at radius 3 is 2.60 bits per heavy atom. The summed E-state index contributed by atoms with van der Waals surface area (Å²) in [5.41, 5.74) is 4.42. The third-order valence-corrected chi connectivity index (χ3v) is 3.14. The number of nitrogens with zero attached hydrogens (tertiary/aromatic N) is 1. The second-order valence-electron chi connectivity index (χ2n) is 4.98. The van der Waals surface area contributed by atoms with Crippen LogP contribution in [-0.2, 0) is 17.8 Å². The Balaban J connectivity index is 2.51. The minimum absolute atomic E-state index is 0.549. The van der Waals surface area contributed by atoms with Crippen LogP contribution in [-0.4, -0.2) is 11.2 Å². The molecule has 0 N–H and O–H groups in total. The van der Waals surface area contributed by atoms with Crippen LogP contribution in [0.3, 0.4) is 0 Å². The minimum Gasteiger partial charge on any atom is -0.376 e. The summed E-state index contributed by atoms with van der Waals surface area (Å²) in [7, 11) is 0. The molecule has 1 aromatic heterocycles. The lowest BCUT2D eigenvalue weighted by molar-refractivity contribution is 0.110. The first-order valence-corrected chi connectivity index (χ1v) is 5.91. The zero-order valence-electron chi connectivity index (χ0n) is 10.2. The van der Waals surface area contributed by atoms with Gasteiger partial charge in [-0.15, -0.1) is 0 Å². The zero-order chi connectivity index (χ0) is 11.0. The summed E-state index contributed by atoms with van der Waals surface area (Å²) in [6.45, 7) is 10.7. The van der Waals surface area contributed by atoms with E-state index >= 15 is 0 Å². The molecule has 0 bridgehead atoms. The lowest BCUT2D eigenvalue weighted by Crippen LogP contribution is -2.11. The van der Waals surface area contributed by atoms with Crippen molar-refractivity contribution in [1.82, 2.24) is 4.57 Å². The summed E-state index contributed by atoms with van der Waals surface area (Å²) in [4.78, 5) is 0. The lowest BCUT2D eigenvalue weighted by Gasteiger charge is -2.19. The maximum Gasteiger partial charge on any atom is 0.0737 e. The monoisotopic (exact) mass is 207 g/mol. The van der Waals surface area contributed by atoms with Crippen LogP contribution in [0.4, 0.5) is 0 Å². The fourth-order valence-corrected chi connectivity index (χ4v) is 2.45. The highest BCUT2D eigenvalue weighted by molar-refractivity contribution is 5.35. The summed E-state index contributed by atoms with van der Waals surface area (Å²) in [6.07, 6.45) is 3.41. The van der Waals surface area contributed by atoms with Gasteiger partial charge in [0.15, 0.2) is 0 Å². The first-order chi connectivity index (χ1) is 7.11. The second-order valence-corrected chi connectivity index (χ2v) is 4.98. The van der Waals surface area contributed by atoms with E-state index in [0.29, 0.717) is 12.0 Å². The highest BCUT2D eigenvalue weighted by atomic mass is 16.5. The first-order valence-electron chi connectivity index (χ1n) is 5.91. The molecule has 0 unspecified atom stereocenters. The molecule has 2 rings (SSSR count). The van der Waals surface area contributed by atoms with Gasteiger partial charge in [0.25, 0.3) is 0 Å². The molecular formula is C13H21NO. The fraction of sp³-hybridized carbons (Fsp3) is 0.692. The molecule has 0 radical (unpaired) electrons. The number of fused-ring (bicyclic) bond motifs is 1. The van der Waals surface area contributed by atoms with Crippen molar-refractivity contribution >= 4 is 0 Å². The van der Waals surface area contributed by atoms with E-state index in [0.717, 1.165) is 19.6 Å². The predicted molar refractivity (Wildman–Crippen MR) is 62.3 cm³/mol. The van der Waals surface area contributed by atoms with Crippen LogP contribution >= 0.6 is 0 Å². The summed E-state index contributed by atoms with van der Waals surface area (Å²) in [5, 5.41) is 0. The average Bonchev–Trinajstić information content (AvgIpc) is 2.56. The summed E-state index contributed by atoms with van der Waals surface area (Å²) >= 11 is 0. The standard InChI is InChI=1S/C13H21NO/c1-9(2)13-12-8-15-6-5-11(12)7-14(13)10(3)4/h7,9-10H,5-6,8H2,1-4H3. The first kappa shape index (κ1) is 10.7. The summed E-state index contributed by atoms with van der Waals surface area (Å²) in [6, 6.07) is 0.549. The highest BCUT2D eigenvalue weighted by Crippen LogP contribution is 2.30. The van der Waals surface area contributed by atoms with Gasteiger partial charge in [-0.05, 0) is 31.7 Å². The van der Waals surface area contributed by atoms with E-state index in [-0.39, 0.29) is 0 Å². The van der Waals surface area contributed by atoms with E-state index in [1.54, 1.807) is 0 Å². The molecule has 1 aromatic rings. The average molecular weight is 207 g/mol. The predicted octanol–water partition coefficient (Wildman–Crippen LogP) is 3.27. The van der Waals surface area contributed by atoms with Gasteiger partial charge in [0.1, 0.15) is 0 Å². The van der Waals surface area contributed by atoms with Crippen molar-refractivity contribution in [2.75, 3.05) is 6.61 Å². The smallest absolute Gasteiger partial charge is 0.0737 e. The van der Waals surface area contributed by atoms with E-state index in [1.807, 2.05) is 0 Å². The van der Waals surface area contributed by atoms with Gasteiger partial charge in [0, 0.05) is 23.5 Å². The van der Waals surface area contributed by atoms with Gasteiger partial charge >= 0.3 is 0 Å². The Morgan fingerprint density at radius 1 is 1.27 bits per heavy atom. The Kier molecular flexibility index (Phi) is 2.87. The van der Waals surface area contributed by atoms with Crippen LogP contribution in [0.2, 0.25) is 0 Å². The van der Waals surface area contributed by atoms with Crippen molar-refractivity contribution in [2.24, 2.45) is 0 Å². The maximum absolute atomic E-state index is 5.57. The molecule has 84 valence electrons. The Morgan fingerprint density at radius 2 is 2.00 bits per heavy atom. The minimum atomic E-state index is 0.549. The molecule has 0 aliphatic carbocycles. The molecule has 0 aromatic carbocycles. The fourth-order valence-electron chi connectivity index (χ4n) is 2.45. The topological polar surface area (TPSA) is 14.2 Å². The number of aromatic nitrogens is 1. The Hall–Kier alpha value is -0.760. The van der Waals surface area contributed by atoms with Crippen molar-refractivity contribution in [3.8, 4) is 0 Å². The Bertz CT molecular complexity index is 350. The molecule has 1 aliphatic rings. The summed E-state index contributed by atoms with van der Waals surface area (Å²) < 4.78 is 7.99. The van der Waals surface area contributed by atoms with Crippen molar-refractivity contribution in [3.63, 3.8) is 0 Å². The van der Waals surface area contributed by atoms with Gasteiger partial charge < -0.3 is 9.30 Å². The van der Waals surface area contributed by atoms with E-state index in [9.17, 15) is 0 Å². The molecule has 0 atom stereocenters. The van der Waals surface area contributed by atoms with Crippen molar-refractivity contribution in [1.29, 1.82) is 0 Å². The Labute approximate surface area is 92.2 Å². The number of rotatable bonds is 2. The van der Waals surface area contributed by atoms with Crippen LogP contribution in [0, 0.1) is 0 Å². The largest absolute Gasteiger partial charge is 0.376 e. The van der Waals surface area contributed by atoms with E-state index < -0.39 is 0 Å². The molecule has 15 heavy (non-hydrogen) atoms. The molecular weight excluding hydrogens is 186 g/mol. The van der Waals surface area contributed by atoms with Crippen LogP contribution in [0.25, 0.3) is 0 Å². The molecule has 0 fully saturated rings. The molecule has 2 nitrogen and oxygen atoms in total. The molecule has 2 heteroatoms. The number of hydrogen-bond donors (Lipinski definition) is 0. The van der Waals surface area contributed by atoms with Gasteiger partial charge in [-0.25, -0.2) is 0 Å². The van der Waals surface area contributed by atoms with Crippen molar-refractivity contribution in [3.05, 3.63) is 23.0 Å². The van der Waals surface area contributed by atoms with Crippen molar-refractivity contribution < 1.29 is 4.74 Å². The van der Waals surface area contributed by atoms with Gasteiger partial charge in [0.2, 0.25) is 0 Å².